The van der Waals surface area contributed by atoms with Gasteiger partial charge in [0.25, 0.3) is 5.91 Å². The fourth-order valence-electron chi connectivity index (χ4n) is 5.92. The average Bonchev–Trinajstić information content (AvgIpc) is 3.02. The molecule has 0 bridgehead atoms. The van der Waals surface area contributed by atoms with Gasteiger partial charge in [-0.1, -0.05) is 73.2 Å². The van der Waals surface area contributed by atoms with Crippen molar-refractivity contribution in [2.45, 2.75) is 79.4 Å². The molecule has 1 amide bonds. The zero-order chi connectivity index (χ0) is 34.2. The van der Waals surface area contributed by atoms with Crippen LogP contribution in [-0.4, -0.2) is 51.9 Å². The summed E-state index contributed by atoms with van der Waals surface area (Å²) in [5.74, 6) is -0.732. The number of rotatable bonds is 6. The lowest BCUT2D eigenvalue weighted by Crippen LogP contribution is -2.35. The van der Waals surface area contributed by atoms with Crippen LogP contribution in [0.1, 0.15) is 78.2 Å². The molecule has 0 aromatic heterocycles. The molecule has 0 aliphatic carbocycles. The minimum absolute atomic E-state index is 0.0360. The van der Waals surface area contributed by atoms with E-state index in [4.69, 9.17) is 5.11 Å². The quantitative estimate of drug-likeness (QED) is 0.206. The number of carbonyl (C=O) groups is 2. The number of allylic oxidation sites excluding steroid dienone is 2. The Bertz CT molecular complexity index is 1550. The molecule has 2 aliphatic heterocycles. The van der Waals surface area contributed by atoms with Gasteiger partial charge in [-0.3, -0.25) is 9.59 Å². The fourth-order valence-corrected chi connectivity index (χ4v) is 6.60. The molecule has 0 saturated carbocycles. The van der Waals surface area contributed by atoms with Gasteiger partial charge in [-0.05, 0) is 112 Å². The molecule has 3 aromatic rings. The van der Waals surface area contributed by atoms with E-state index in [0.29, 0.717) is 6.54 Å². The Morgan fingerprint density at radius 2 is 1.50 bits per heavy atom. The third kappa shape index (κ3) is 9.14. The maximum absolute atomic E-state index is 13.4. The molecular weight excluding hydrogens is 593 g/mol. The number of carboxylic acids is 1. The Labute approximate surface area is 280 Å². The molecule has 1 saturated heterocycles. The molecule has 46 heavy (non-hydrogen) atoms. The van der Waals surface area contributed by atoms with Crippen LogP contribution in [0.15, 0.2) is 67.8 Å². The van der Waals surface area contributed by atoms with Crippen LogP contribution < -0.4 is 4.31 Å². The molecular formula is C39H50N2O4S. The number of aliphatic carboxylic acids is 1. The van der Waals surface area contributed by atoms with Crippen LogP contribution in [-0.2, 0) is 17.8 Å². The van der Waals surface area contributed by atoms with E-state index in [1.807, 2.05) is 17.9 Å². The number of fused-ring (bicyclic) bond motifs is 3. The van der Waals surface area contributed by atoms with E-state index < -0.39 is 11.6 Å². The van der Waals surface area contributed by atoms with E-state index in [9.17, 15) is 14.7 Å². The van der Waals surface area contributed by atoms with Crippen molar-refractivity contribution in [2.75, 3.05) is 23.7 Å². The Morgan fingerprint density at radius 3 is 2.02 bits per heavy atom. The molecule has 0 spiro atoms. The lowest BCUT2D eigenvalue weighted by atomic mass is 9.80. The zero-order valence-corrected chi connectivity index (χ0v) is 29.4. The summed E-state index contributed by atoms with van der Waals surface area (Å²) in [4.78, 5) is 27.4. The third-order valence-corrected chi connectivity index (χ3v) is 8.74. The number of nitrogens with zero attached hydrogens (tertiary/aromatic N) is 2. The first kappa shape index (κ1) is 36.7. The lowest BCUT2D eigenvalue weighted by molar-refractivity contribution is -0.136. The number of anilines is 1. The fraction of sp³-hybridized carbons (Fsp3) is 0.385. The normalized spacial score (nSPS) is 13.7. The smallest absolute Gasteiger partial charge is 0.307 e. The van der Waals surface area contributed by atoms with Gasteiger partial charge in [0.1, 0.15) is 0 Å². The van der Waals surface area contributed by atoms with E-state index in [-0.39, 0.29) is 12.3 Å². The first-order valence-electron chi connectivity index (χ1n) is 15.9. The van der Waals surface area contributed by atoms with Crippen molar-refractivity contribution in [3.63, 3.8) is 0 Å². The number of hydrogen-bond donors (Lipinski definition) is 2. The molecule has 6 nitrogen and oxygen atoms in total. The van der Waals surface area contributed by atoms with E-state index in [2.05, 4.69) is 74.0 Å². The van der Waals surface area contributed by atoms with Crippen molar-refractivity contribution in [1.82, 2.24) is 4.90 Å². The summed E-state index contributed by atoms with van der Waals surface area (Å²) >= 11 is 1.65. The van der Waals surface area contributed by atoms with E-state index in [1.54, 1.807) is 44.9 Å². The maximum Gasteiger partial charge on any atom is 0.307 e. The predicted molar refractivity (Wildman–Crippen MR) is 195 cm³/mol. The predicted octanol–water partition coefficient (Wildman–Crippen LogP) is 8.93. The first-order chi connectivity index (χ1) is 21.7. The van der Waals surface area contributed by atoms with Crippen molar-refractivity contribution in [3.05, 3.63) is 101 Å². The number of likely N-dealkylation sites (tertiary alicyclic amines) is 1. The second-order valence-corrected chi connectivity index (χ2v) is 13.7. The maximum atomic E-state index is 13.4. The van der Waals surface area contributed by atoms with E-state index in [0.717, 1.165) is 81.7 Å². The summed E-state index contributed by atoms with van der Waals surface area (Å²) in [5, 5.41) is 18.4. The Balaban J connectivity index is 0.000000567. The van der Waals surface area contributed by atoms with Gasteiger partial charge in [-0.25, -0.2) is 0 Å². The highest BCUT2D eigenvalue weighted by Crippen LogP contribution is 2.50. The highest BCUT2D eigenvalue weighted by Gasteiger charge is 2.31. The van der Waals surface area contributed by atoms with Crippen LogP contribution in [0.2, 0.25) is 0 Å². The molecule has 0 atom stereocenters. The molecule has 2 N–H and O–H groups in total. The standard InChI is InChI=1S/C31H34N2O3S.C4H10O.C4H6/c1-19-8-10-22(11-9-19)28-21(3)29-26-16-23(31(36)32-14-6-5-7-15-32)12-13-24(26)18-33(37-4)30(29)20(2)25(28)17-27(34)35;1-4(2,3)5;1-3-4-2/h8-13,16H,5-7,14-15,17-18H2,1-4H3,(H,34,35);5H,1-3H3;3-4H,1-2H2. The first-order valence-corrected chi connectivity index (χ1v) is 17.0. The highest BCUT2D eigenvalue weighted by molar-refractivity contribution is 7.99. The SMILES string of the molecule is C=CC=C.CC(C)(C)O.CSN1Cc2ccc(C(=O)N3CCCCC3)cc2-c2c(C)c(-c3ccc(C)cc3)c(CC(=O)O)c(C)c21. The van der Waals surface area contributed by atoms with Crippen molar-refractivity contribution >= 4 is 29.5 Å². The van der Waals surface area contributed by atoms with Crippen LogP contribution in [0.25, 0.3) is 22.3 Å². The molecule has 5 rings (SSSR count). The molecule has 0 radical (unpaired) electrons. The largest absolute Gasteiger partial charge is 0.481 e. The summed E-state index contributed by atoms with van der Waals surface area (Å²) in [5.41, 5.74) is 10.7. The van der Waals surface area contributed by atoms with Gasteiger partial charge in [-0.2, -0.15) is 0 Å². The van der Waals surface area contributed by atoms with Crippen LogP contribution >= 0.6 is 11.9 Å². The van der Waals surface area contributed by atoms with Crippen LogP contribution in [0.3, 0.4) is 0 Å². The third-order valence-electron chi connectivity index (χ3n) is 7.98. The molecule has 7 heteroatoms. The molecule has 3 aromatic carbocycles. The van der Waals surface area contributed by atoms with Crippen LogP contribution in [0.4, 0.5) is 5.69 Å². The summed E-state index contributed by atoms with van der Waals surface area (Å²) in [6.07, 6.45) is 8.61. The summed E-state index contributed by atoms with van der Waals surface area (Å²) < 4.78 is 2.26. The van der Waals surface area contributed by atoms with Gasteiger partial charge in [0, 0.05) is 30.5 Å². The summed E-state index contributed by atoms with van der Waals surface area (Å²) in [6, 6.07) is 14.5. The number of benzene rings is 3. The Hall–Kier alpha value is -3.81. The molecule has 2 heterocycles. The number of aliphatic hydroxyl groups is 1. The van der Waals surface area contributed by atoms with Gasteiger partial charge in [0.05, 0.1) is 24.3 Å². The van der Waals surface area contributed by atoms with E-state index in [1.165, 1.54) is 12.0 Å². The van der Waals surface area contributed by atoms with Crippen molar-refractivity contribution < 1.29 is 19.8 Å². The van der Waals surface area contributed by atoms with Crippen LogP contribution in [0.5, 0.6) is 0 Å². The van der Waals surface area contributed by atoms with Crippen LogP contribution in [0, 0.1) is 20.8 Å². The Kier molecular flexibility index (Phi) is 12.9. The average molecular weight is 643 g/mol. The Morgan fingerprint density at radius 1 is 0.913 bits per heavy atom. The topological polar surface area (TPSA) is 81.1 Å². The van der Waals surface area contributed by atoms with Crippen molar-refractivity contribution in [1.29, 1.82) is 0 Å². The number of amides is 1. The second-order valence-electron chi connectivity index (χ2n) is 12.8. The van der Waals surface area contributed by atoms with Gasteiger partial charge >= 0.3 is 5.97 Å². The van der Waals surface area contributed by atoms with E-state index >= 15 is 0 Å². The number of aryl methyl sites for hydroxylation is 1. The van der Waals surface area contributed by atoms with Crippen molar-refractivity contribution in [2.24, 2.45) is 0 Å². The number of carboxylic acid groups (broad SMARTS) is 1. The van der Waals surface area contributed by atoms with Gasteiger partial charge in [-0.15, -0.1) is 0 Å². The van der Waals surface area contributed by atoms with Gasteiger partial charge < -0.3 is 19.4 Å². The van der Waals surface area contributed by atoms with Gasteiger partial charge in [0.2, 0.25) is 0 Å². The monoisotopic (exact) mass is 642 g/mol. The van der Waals surface area contributed by atoms with Crippen molar-refractivity contribution in [3.8, 4) is 22.3 Å². The minimum Gasteiger partial charge on any atom is -0.481 e. The molecule has 246 valence electrons. The number of piperidine rings is 1. The molecule has 0 unspecified atom stereocenters. The summed E-state index contributed by atoms with van der Waals surface area (Å²) in [6.45, 7) is 20.5. The second kappa shape index (κ2) is 16.1. The number of carbonyl (C=O) groups excluding carboxylic acids is 1. The summed E-state index contributed by atoms with van der Waals surface area (Å²) in [7, 11) is 0. The molecule has 1 fully saturated rings. The minimum atomic E-state index is -0.836. The number of hydrogen-bond acceptors (Lipinski definition) is 5. The van der Waals surface area contributed by atoms with Gasteiger partial charge in [0.15, 0.2) is 0 Å². The highest BCUT2D eigenvalue weighted by atomic mass is 32.2. The zero-order valence-electron chi connectivity index (χ0n) is 28.6. The lowest BCUT2D eigenvalue weighted by Gasteiger charge is -2.36. The molecule has 2 aliphatic rings.